The molecule has 7 heteroatoms. The van der Waals surface area contributed by atoms with Crippen LogP contribution < -0.4 is 4.74 Å². The van der Waals surface area contributed by atoms with Crippen molar-refractivity contribution in [3.63, 3.8) is 0 Å². The zero-order chi connectivity index (χ0) is 22.1. The van der Waals surface area contributed by atoms with Crippen LogP contribution in [-0.2, 0) is 16.0 Å². The fourth-order valence-corrected chi connectivity index (χ4v) is 3.94. The molecule has 0 unspecified atom stereocenters. The van der Waals surface area contributed by atoms with Crippen LogP contribution in [0.15, 0.2) is 42.5 Å². The number of esters is 1. The minimum atomic E-state index is -1.10. The predicted molar refractivity (Wildman–Crippen MR) is 111 cm³/mol. The number of fused-ring (bicyclic) bond motifs is 2. The third kappa shape index (κ3) is 3.71. The Morgan fingerprint density at radius 3 is 2.42 bits per heavy atom. The standard InChI is InChI=1S/C24H23NO6/c1-3-14(2)21(25-22(27)17-6-4-5-7-18(17)23(25)28)24(29)31-13-19(26)15-8-9-20-16(12-15)10-11-30-20/h4-9,12,14,21H,3,10-11,13H2,1-2H3/t14-,21-/m0/s1. The quantitative estimate of drug-likeness (QED) is 0.388. The molecule has 2 amide bonds. The van der Waals surface area contributed by atoms with E-state index in [0.717, 1.165) is 22.6 Å². The number of rotatable bonds is 7. The molecule has 0 radical (unpaired) electrons. The molecule has 2 atom stereocenters. The maximum atomic E-state index is 13.0. The first-order chi connectivity index (χ1) is 14.9. The molecule has 2 heterocycles. The topological polar surface area (TPSA) is 90.0 Å². The molecular weight excluding hydrogens is 398 g/mol. The number of Topliss-reactive ketones (excluding diaryl/α,β-unsaturated/α-hetero) is 1. The summed E-state index contributed by atoms with van der Waals surface area (Å²) in [4.78, 5) is 52.2. The second-order valence-electron chi connectivity index (χ2n) is 7.81. The number of ether oxygens (including phenoxy) is 2. The highest BCUT2D eigenvalue weighted by molar-refractivity contribution is 6.22. The van der Waals surface area contributed by atoms with Crippen LogP contribution in [0.1, 0.15) is 56.9 Å². The molecule has 2 aromatic rings. The van der Waals surface area contributed by atoms with Crippen molar-refractivity contribution in [1.82, 2.24) is 4.90 Å². The van der Waals surface area contributed by atoms with Crippen LogP contribution in [0.5, 0.6) is 5.75 Å². The molecule has 4 rings (SSSR count). The fraction of sp³-hybridized carbons (Fsp3) is 0.333. The average molecular weight is 421 g/mol. The smallest absolute Gasteiger partial charge is 0.330 e. The molecule has 0 fully saturated rings. The Balaban J connectivity index is 1.50. The van der Waals surface area contributed by atoms with Gasteiger partial charge < -0.3 is 9.47 Å². The summed E-state index contributed by atoms with van der Waals surface area (Å²) in [7, 11) is 0. The lowest BCUT2D eigenvalue weighted by Gasteiger charge is -2.28. The molecule has 0 saturated heterocycles. The number of hydrogen-bond donors (Lipinski definition) is 0. The summed E-state index contributed by atoms with van der Waals surface area (Å²) in [6, 6.07) is 10.5. The van der Waals surface area contributed by atoms with Gasteiger partial charge in [-0.15, -0.1) is 0 Å². The molecule has 0 saturated carbocycles. The minimum absolute atomic E-state index is 0.269. The van der Waals surface area contributed by atoms with E-state index in [9.17, 15) is 19.2 Å². The Bertz CT molecular complexity index is 1040. The lowest BCUT2D eigenvalue weighted by molar-refractivity contribution is -0.149. The van der Waals surface area contributed by atoms with Gasteiger partial charge in [0.2, 0.25) is 0 Å². The van der Waals surface area contributed by atoms with E-state index in [2.05, 4.69) is 0 Å². The van der Waals surface area contributed by atoms with Gasteiger partial charge in [0, 0.05) is 12.0 Å². The van der Waals surface area contributed by atoms with Crippen LogP contribution in [-0.4, -0.2) is 47.7 Å². The highest BCUT2D eigenvalue weighted by Crippen LogP contribution is 2.29. The van der Waals surface area contributed by atoms with E-state index in [1.807, 2.05) is 6.92 Å². The highest BCUT2D eigenvalue weighted by Gasteiger charge is 2.45. The Morgan fingerprint density at radius 2 is 1.77 bits per heavy atom. The van der Waals surface area contributed by atoms with Crippen LogP contribution in [0, 0.1) is 5.92 Å². The van der Waals surface area contributed by atoms with Gasteiger partial charge in [-0.1, -0.05) is 32.4 Å². The lowest BCUT2D eigenvalue weighted by Crippen LogP contribution is -2.49. The molecule has 31 heavy (non-hydrogen) atoms. The summed E-state index contributed by atoms with van der Waals surface area (Å²) in [6.07, 6.45) is 1.28. The number of carbonyl (C=O) groups is 4. The van der Waals surface area contributed by atoms with Crippen molar-refractivity contribution in [3.05, 3.63) is 64.7 Å². The number of hydrogen-bond acceptors (Lipinski definition) is 6. The number of carbonyl (C=O) groups excluding carboxylic acids is 4. The second-order valence-corrected chi connectivity index (χ2v) is 7.81. The van der Waals surface area contributed by atoms with Gasteiger partial charge in [0.25, 0.3) is 11.8 Å². The molecule has 2 aliphatic heterocycles. The predicted octanol–water partition coefficient (Wildman–Crippen LogP) is 3.06. The Labute approximate surface area is 179 Å². The first-order valence-electron chi connectivity index (χ1n) is 10.3. The first-order valence-corrected chi connectivity index (χ1v) is 10.3. The van der Waals surface area contributed by atoms with Crippen LogP contribution >= 0.6 is 0 Å². The molecule has 2 aromatic carbocycles. The number of imide groups is 1. The molecule has 0 bridgehead atoms. The van der Waals surface area contributed by atoms with Crippen molar-refractivity contribution in [2.24, 2.45) is 5.92 Å². The average Bonchev–Trinajstić information content (AvgIpc) is 3.35. The lowest BCUT2D eigenvalue weighted by atomic mass is 9.97. The Morgan fingerprint density at radius 1 is 1.10 bits per heavy atom. The third-order valence-corrected chi connectivity index (χ3v) is 5.89. The summed E-state index contributed by atoms with van der Waals surface area (Å²) >= 11 is 0. The Hall–Kier alpha value is -3.48. The van der Waals surface area contributed by atoms with E-state index < -0.39 is 30.4 Å². The first kappa shape index (κ1) is 20.8. The zero-order valence-electron chi connectivity index (χ0n) is 17.4. The van der Waals surface area contributed by atoms with Crippen molar-refractivity contribution < 1.29 is 28.7 Å². The van der Waals surface area contributed by atoms with Crippen molar-refractivity contribution in [3.8, 4) is 5.75 Å². The van der Waals surface area contributed by atoms with Gasteiger partial charge in [0.1, 0.15) is 11.8 Å². The maximum Gasteiger partial charge on any atom is 0.330 e. The van der Waals surface area contributed by atoms with Crippen LogP contribution in [0.2, 0.25) is 0 Å². The summed E-state index contributed by atoms with van der Waals surface area (Å²) in [5.74, 6) is -1.73. The SMILES string of the molecule is CC[C@H](C)[C@@H](C(=O)OCC(=O)c1ccc2c(c1)CCO2)N1C(=O)c2ccccc2C1=O. The number of nitrogens with zero attached hydrogens (tertiary/aromatic N) is 1. The van der Waals surface area contributed by atoms with Crippen molar-refractivity contribution >= 4 is 23.6 Å². The molecule has 160 valence electrons. The van der Waals surface area contributed by atoms with Gasteiger partial charge in [0.15, 0.2) is 12.4 Å². The summed E-state index contributed by atoms with van der Waals surface area (Å²) in [6.45, 7) is 3.76. The molecule has 2 aliphatic rings. The van der Waals surface area contributed by atoms with Gasteiger partial charge in [0.05, 0.1) is 17.7 Å². The zero-order valence-corrected chi connectivity index (χ0v) is 17.4. The van der Waals surface area contributed by atoms with Gasteiger partial charge in [-0.05, 0) is 41.8 Å². The largest absolute Gasteiger partial charge is 0.493 e. The summed E-state index contributed by atoms with van der Waals surface area (Å²) in [5.41, 5.74) is 1.91. The molecular formula is C24H23NO6. The van der Waals surface area contributed by atoms with Gasteiger partial charge in [-0.2, -0.15) is 0 Å². The van der Waals surface area contributed by atoms with Gasteiger partial charge in [-0.25, -0.2) is 4.79 Å². The number of ketones is 1. The fourth-order valence-electron chi connectivity index (χ4n) is 3.94. The van der Waals surface area contributed by atoms with Crippen molar-refractivity contribution in [2.45, 2.75) is 32.7 Å². The summed E-state index contributed by atoms with van der Waals surface area (Å²) in [5, 5.41) is 0. The second kappa shape index (κ2) is 8.34. The normalized spacial score (nSPS) is 16.4. The minimum Gasteiger partial charge on any atom is -0.493 e. The van der Waals surface area contributed by atoms with Gasteiger partial charge >= 0.3 is 5.97 Å². The number of amides is 2. The van der Waals surface area contributed by atoms with E-state index >= 15 is 0 Å². The molecule has 7 nitrogen and oxygen atoms in total. The highest BCUT2D eigenvalue weighted by atomic mass is 16.5. The van der Waals surface area contributed by atoms with Crippen LogP contribution in [0.4, 0.5) is 0 Å². The van der Waals surface area contributed by atoms with Crippen molar-refractivity contribution in [2.75, 3.05) is 13.2 Å². The molecule has 0 aliphatic carbocycles. The molecule has 0 spiro atoms. The molecule has 0 N–H and O–H groups in total. The van der Waals surface area contributed by atoms with E-state index in [1.54, 1.807) is 49.4 Å². The van der Waals surface area contributed by atoms with Crippen LogP contribution in [0.3, 0.4) is 0 Å². The van der Waals surface area contributed by atoms with E-state index in [4.69, 9.17) is 9.47 Å². The van der Waals surface area contributed by atoms with E-state index in [1.165, 1.54) is 0 Å². The van der Waals surface area contributed by atoms with Crippen LogP contribution in [0.25, 0.3) is 0 Å². The maximum absolute atomic E-state index is 13.0. The summed E-state index contributed by atoms with van der Waals surface area (Å²) < 4.78 is 10.7. The van der Waals surface area contributed by atoms with Gasteiger partial charge in [-0.3, -0.25) is 19.3 Å². The Kier molecular flexibility index (Phi) is 5.59. The third-order valence-electron chi connectivity index (χ3n) is 5.89. The number of benzene rings is 2. The molecule has 0 aromatic heterocycles. The van der Waals surface area contributed by atoms with E-state index in [-0.39, 0.29) is 22.8 Å². The monoisotopic (exact) mass is 421 g/mol. The van der Waals surface area contributed by atoms with Crippen molar-refractivity contribution in [1.29, 1.82) is 0 Å². The van der Waals surface area contributed by atoms with E-state index in [0.29, 0.717) is 18.6 Å².